The molecule has 11 nitrogen and oxygen atoms in total. The number of carbonyl (C=O) groups excluding carboxylic acids is 2. The van der Waals surface area contributed by atoms with Gasteiger partial charge in [0.1, 0.15) is 11.6 Å². The molecule has 0 unspecified atom stereocenters. The van der Waals surface area contributed by atoms with Crippen LogP contribution >= 0.6 is 22.7 Å². The maximum Gasteiger partial charge on any atom is 0.259 e. The normalized spacial score (nSPS) is 14.5. The molecule has 0 radical (unpaired) electrons. The van der Waals surface area contributed by atoms with Crippen molar-refractivity contribution < 1.29 is 9.59 Å². The van der Waals surface area contributed by atoms with E-state index in [0.717, 1.165) is 66.6 Å². The summed E-state index contributed by atoms with van der Waals surface area (Å²) in [6.45, 7) is 0. The van der Waals surface area contributed by atoms with Gasteiger partial charge in [-0.3, -0.25) is 19.7 Å². The van der Waals surface area contributed by atoms with Crippen LogP contribution in [0.3, 0.4) is 0 Å². The zero-order valence-electron chi connectivity index (χ0n) is 27.6. The minimum absolute atomic E-state index is 0.157. The number of carbonyl (C=O) groups is 2. The lowest BCUT2D eigenvalue weighted by Crippen LogP contribution is -2.05. The number of hydrogen-bond donors (Lipinski definition) is 5. The van der Waals surface area contributed by atoms with Crippen LogP contribution in [-0.4, -0.2) is 37.0 Å². The van der Waals surface area contributed by atoms with Crippen molar-refractivity contribution in [1.29, 1.82) is 0 Å². The molecule has 0 saturated heterocycles. The molecule has 10 rings (SSSR count). The Hall–Kier alpha value is -6.96. The molecule has 0 saturated carbocycles. The lowest BCUT2D eigenvalue weighted by molar-refractivity contribution is -0.111. The van der Waals surface area contributed by atoms with Gasteiger partial charge in [0.05, 0.1) is 28.4 Å². The number of pyridine rings is 3. The van der Waals surface area contributed by atoms with Gasteiger partial charge in [-0.1, -0.05) is 6.07 Å². The van der Waals surface area contributed by atoms with Gasteiger partial charge in [0.15, 0.2) is 0 Å². The summed E-state index contributed by atoms with van der Waals surface area (Å²) in [5, 5.41) is 29.3. The molecule has 256 valence electrons. The first kappa shape index (κ1) is 32.0. The van der Waals surface area contributed by atoms with Crippen molar-refractivity contribution in [2.45, 2.75) is 0 Å². The van der Waals surface area contributed by atoms with Gasteiger partial charge in [-0.15, -0.1) is 0 Å². The minimum atomic E-state index is -0.162. The predicted molar refractivity (Wildman–Crippen MR) is 213 cm³/mol. The molecule has 8 heterocycles. The smallest absolute Gasteiger partial charge is 0.259 e. The van der Waals surface area contributed by atoms with Gasteiger partial charge < -0.3 is 21.3 Å². The highest BCUT2D eigenvalue weighted by atomic mass is 32.1. The first-order valence-electron chi connectivity index (χ1n) is 16.5. The first-order chi connectivity index (χ1) is 26.1. The van der Waals surface area contributed by atoms with E-state index >= 15 is 0 Å². The molecule has 0 fully saturated rings. The summed E-state index contributed by atoms with van der Waals surface area (Å²) >= 11 is 3.27. The number of hydrogen-bond acceptors (Lipinski definition) is 10. The largest absolute Gasteiger partial charge is 0.361 e. The van der Waals surface area contributed by atoms with Gasteiger partial charge >= 0.3 is 0 Å². The van der Waals surface area contributed by atoms with Gasteiger partial charge in [0, 0.05) is 75.4 Å². The number of amides is 2. The third-order valence-corrected chi connectivity index (χ3v) is 10.2. The van der Waals surface area contributed by atoms with Crippen LogP contribution in [0.2, 0.25) is 0 Å². The topological polar surface area (TPSA) is 150 Å². The average Bonchev–Trinajstić information content (AvgIpc) is 4.04. The number of rotatable bonds is 6. The lowest BCUT2D eigenvalue weighted by atomic mass is 10.1. The second-order valence-corrected chi connectivity index (χ2v) is 13.7. The molecule has 8 aromatic rings. The molecule has 0 spiro atoms. The van der Waals surface area contributed by atoms with Crippen molar-refractivity contribution in [3.05, 3.63) is 143 Å². The maximum absolute atomic E-state index is 12.4. The van der Waals surface area contributed by atoms with Gasteiger partial charge in [-0.2, -0.15) is 27.8 Å². The third kappa shape index (κ3) is 6.42. The number of nitrogens with zero attached hydrogens (tertiary/aromatic N) is 4. The van der Waals surface area contributed by atoms with Crippen LogP contribution < -0.4 is 21.3 Å². The van der Waals surface area contributed by atoms with Gasteiger partial charge in [-0.25, -0.2) is 9.97 Å². The Morgan fingerprint density at radius 2 is 1.23 bits per heavy atom. The van der Waals surface area contributed by atoms with Gasteiger partial charge in [0.2, 0.25) is 0 Å². The summed E-state index contributed by atoms with van der Waals surface area (Å²) in [4.78, 5) is 37.9. The molecule has 0 bridgehead atoms. The molecule has 53 heavy (non-hydrogen) atoms. The van der Waals surface area contributed by atoms with Gasteiger partial charge in [-0.05, 0) is 99.4 Å². The predicted octanol–water partition coefficient (Wildman–Crippen LogP) is 8.85. The fourth-order valence-corrected chi connectivity index (χ4v) is 7.43. The Morgan fingerprint density at radius 1 is 0.604 bits per heavy atom. The molecular formula is C40H27N9O2S2. The summed E-state index contributed by atoms with van der Waals surface area (Å²) in [7, 11) is 0. The number of H-pyrrole nitrogens is 1. The van der Waals surface area contributed by atoms with E-state index in [1.54, 1.807) is 59.9 Å². The van der Waals surface area contributed by atoms with Crippen LogP contribution in [-0.2, 0) is 9.59 Å². The number of aromatic amines is 1. The molecule has 0 aliphatic carbocycles. The Balaban J connectivity index is 0.000000141. The Labute approximate surface area is 310 Å². The highest BCUT2D eigenvalue weighted by Gasteiger charge is 2.27. The SMILES string of the molecule is O=C1Nc2ncc(-c3ccsc3)cc2C1=CNc1ccc2cn[nH]c2c1.O=C1Nc2ncc(-c3ccsc3)cc2C1=CNc1ccc2ncccc2c1. The average molecular weight is 730 g/mol. The highest BCUT2D eigenvalue weighted by Crippen LogP contribution is 2.35. The number of nitrogens with one attached hydrogen (secondary N) is 5. The number of benzene rings is 2. The molecule has 2 aliphatic rings. The molecule has 2 aromatic carbocycles. The van der Waals surface area contributed by atoms with E-state index in [1.165, 1.54) is 0 Å². The van der Waals surface area contributed by atoms with Crippen LogP contribution in [0.4, 0.5) is 23.0 Å². The Bertz CT molecular complexity index is 2730. The standard InChI is InChI=1S/C21H14N4OS.C19H13N5OS/c26-21-18(11-23-16-3-4-19-13(8-16)2-1-6-22-19)17-9-15(10-24-20(17)25-21)14-5-7-27-12-14;25-19-16(9-20-14-2-1-11-8-22-24-17(11)6-14)15-5-13(7-21-18(15)23-19)12-3-4-26-10-12/h1-12,23H,(H,24,25,26);1-10,20H,(H,22,24)(H,21,23,25). The fraction of sp³-hybridized carbons (Fsp3) is 0. The number of fused-ring (bicyclic) bond motifs is 4. The van der Waals surface area contributed by atoms with Crippen molar-refractivity contribution in [3.8, 4) is 22.3 Å². The zero-order chi connectivity index (χ0) is 35.7. The van der Waals surface area contributed by atoms with E-state index in [1.807, 2.05) is 83.6 Å². The Morgan fingerprint density at radius 3 is 1.85 bits per heavy atom. The van der Waals surface area contributed by atoms with Crippen LogP contribution in [0.5, 0.6) is 0 Å². The Kier molecular flexibility index (Phi) is 8.23. The summed E-state index contributed by atoms with van der Waals surface area (Å²) in [6.07, 6.45) is 10.6. The molecule has 0 atom stereocenters. The monoisotopic (exact) mass is 729 g/mol. The van der Waals surface area contributed by atoms with Crippen molar-refractivity contribution in [3.63, 3.8) is 0 Å². The summed E-state index contributed by atoms with van der Waals surface area (Å²) in [5.74, 6) is 0.862. The zero-order valence-corrected chi connectivity index (χ0v) is 29.3. The maximum atomic E-state index is 12.4. The third-order valence-electron chi connectivity index (χ3n) is 8.83. The minimum Gasteiger partial charge on any atom is -0.361 e. The quantitative estimate of drug-likeness (QED) is 0.107. The summed E-state index contributed by atoms with van der Waals surface area (Å²) in [5.41, 5.74) is 10.6. The van der Waals surface area contributed by atoms with E-state index in [2.05, 4.69) is 57.2 Å². The molecule has 13 heteroatoms. The number of aromatic nitrogens is 5. The molecule has 2 aliphatic heterocycles. The fourth-order valence-electron chi connectivity index (χ4n) is 6.10. The molecular weight excluding hydrogens is 703 g/mol. The first-order valence-corrected chi connectivity index (χ1v) is 18.3. The van der Waals surface area contributed by atoms with Crippen molar-refractivity contribution >= 4 is 90.5 Å². The van der Waals surface area contributed by atoms with Crippen molar-refractivity contribution in [1.82, 2.24) is 25.1 Å². The van der Waals surface area contributed by atoms with Crippen LogP contribution in [0.1, 0.15) is 11.1 Å². The van der Waals surface area contributed by atoms with E-state index in [4.69, 9.17) is 0 Å². The summed E-state index contributed by atoms with van der Waals surface area (Å²) < 4.78 is 0. The van der Waals surface area contributed by atoms with Crippen LogP contribution in [0.25, 0.3) is 55.2 Å². The molecule has 2 amide bonds. The number of thiophene rings is 2. The number of anilines is 4. The van der Waals surface area contributed by atoms with Crippen LogP contribution in [0.15, 0.2) is 132 Å². The van der Waals surface area contributed by atoms with Crippen molar-refractivity contribution in [2.75, 3.05) is 21.3 Å². The van der Waals surface area contributed by atoms with Gasteiger partial charge in [0.25, 0.3) is 11.8 Å². The van der Waals surface area contributed by atoms with E-state index < -0.39 is 0 Å². The molecule has 6 aromatic heterocycles. The van der Waals surface area contributed by atoms with E-state index in [9.17, 15) is 9.59 Å². The van der Waals surface area contributed by atoms with E-state index in [0.29, 0.717) is 22.8 Å². The van der Waals surface area contributed by atoms with Crippen LogP contribution in [0, 0.1) is 0 Å². The second kappa shape index (κ2) is 13.6. The van der Waals surface area contributed by atoms with E-state index in [-0.39, 0.29) is 11.8 Å². The lowest BCUT2D eigenvalue weighted by Gasteiger charge is -2.05. The molecule has 5 N–H and O–H groups in total. The highest BCUT2D eigenvalue weighted by molar-refractivity contribution is 7.08. The summed E-state index contributed by atoms with van der Waals surface area (Å²) in [6, 6.07) is 23.8. The second-order valence-electron chi connectivity index (χ2n) is 12.2. The van der Waals surface area contributed by atoms with Crippen molar-refractivity contribution in [2.24, 2.45) is 0 Å².